The Bertz CT molecular complexity index is 1180. The van der Waals surface area contributed by atoms with E-state index in [1.165, 1.54) is 0 Å². The van der Waals surface area contributed by atoms with Gasteiger partial charge >= 0.3 is 23.9 Å². The molecule has 0 fully saturated rings. The zero-order valence-electron chi connectivity index (χ0n) is 14.6. The molecule has 0 saturated heterocycles. The summed E-state index contributed by atoms with van der Waals surface area (Å²) in [6.07, 6.45) is 0. The zero-order chi connectivity index (χ0) is 22.3. The molecular formula is C17H11N3O10. The van der Waals surface area contributed by atoms with E-state index in [9.17, 15) is 44.4 Å². The van der Waals surface area contributed by atoms with E-state index in [0.29, 0.717) is 6.07 Å². The summed E-state index contributed by atoms with van der Waals surface area (Å²) >= 11 is 0. The van der Waals surface area contributed by atoms with Crippen LogP contribution in [0.15, 0.2) is 17.1 Å². The highest BCUT2D eigenvalue weighted by Crippen LogP contribution is 2.36. The summed E-state index contributed by atoms with van der Waals surface area (Å²) in [4.78, 5) is 68.3. The Morgan fingerprint density at radius 3 is 2.20 bits per heavy atom. The number of hydrogen-bond acceptors (Lipinski definition) is 8. The first-order valence-corrected chi connectivity index (χ1v) is 8.01. The quantitative estimate of drug-likeness (QED) is 0.354. The van der Waals surface area contributed by atoms with Crippen LogP contribution in [0.3, 0.4) is 0 Å². The van der Waals surface area contributed by atoms with Gasteiger partial charge in [0.05, 0.1) is 23.4 Å². The van der Waals surface area contributed by atoms with Gasteiger partial charge in [0, 0.05) is 5.56 Å². The maximum Gasteiger partial charge on any atom is 0.354 e. The van der Waals surface area contributed by atoms with E-state index < -0.39 is 70.7 Å². The van der Waals surface area contributed by atoms with Crippen LogP contribution in [0.2, 0.25) is 0 Å². The van der Waals surface area contributed by atoms with E-state index >= 15 is 0 Å². The zero-order valence-corrected chi connectivity index (χ0v) is 14.6. The number of carbonyl (C=O) groups is 5. The summed E-state index contributed by atoms with van der Waals surface area (Å²) in [5.41, 5.74) is -4.07. The molecule has 13 nitrogen and oxygen atoms in total. The summed E-state index contributed by atoms with van der Waals surface area (Å²) in [7, 11) is 0. The lowest BCUT2D eigenvalue weighted by Crippen LogP contribution is -2.31. The Labute approximate surface area is 165 Å². The molecule has 2 aromatic heterocycles. The number of aliphatic hydroxyl groups is 1. The number of carbonyl (C=O) groups excluding carboxylic acids is 1. The van der Waals surface area contributed by atoms with Crippen molar-refractivity contribution in [1.29, 1.82) is 0 Å². The van der Waals surface area contributed by atoms with Crippen molar-refractivity contribution in [3.63, 3.8) is 0 Å². The number of aromatic carboxylic acids is 3. The summed E-state index contributed by atoms with van der Waals surface area (Å²) in [5, 5.41) is 46.3. The first-order valence-electron chi connectivity index (χ1n) is 8.01. The molecule has 0 aromatic carbocycles. The maximum atomic E-state index is 12.9. The Morgan fingerprint density at radius 1 is 1.03 bits per heavy atom. The molecule has 0 aliphatic heterocycles. The fraction of sp³-hybridized carbons (Fsp3) is 0.118. The number of ketones is 1. The number of carboxylic acid groups (broad SMARTS) is 4. The van der Waals surface area contributed by atoms with Gasteiger partial charge in [-0.05, 0) is 12.1 Å². The highest BCUT2D eigenvalue weighted by Gasteiger charge is 2.37. The molecule has 3 rings (SSSR count). The van der Waals surface area contributed by atoms with Gasteiger partial charge in [-0.25, -0.2) is 24.2 Å². The molecule has 1 atom stereocenters. The molecule has 1 aliphatic rings. The van der Waals surface area contributed by atoms with E-state index in [4.69, 9.17) is 5.11 Å². The van der Waals surface area contributed by atoms with E-state index in [1.807, 2.05) is 0 Å². The van der Waals surface area contributed by atoms with Crippen LogP contribution in [0.25, 0.3) is 11.3 Å². The fourth-order valence-electron chi connectivity index (χ4n) is 2.88. The number of rotatable bonds is 6. The summed E-state index contributed by atoms with van der Waals surface area (Å²) < 4.78 is 0. The molecule has 13 heteroatoms. The molecule has 0 bridgehead atoms. The summed E-state index contributed by atoms with van der Waals surface area (Å²) in [6.45, 7) is -1.02. The molecular weight excluding hydrogens is 406 g/mol. The number of nitrogens with one attached hydrogen (secondary N) is 1. The largest absolute Gasteiger partial charge is 0.480 e. The average molecular weight is 417 g/mol. The number of aliphatic imine (C=N–C) groups is 1. The lowest BCUT2D eigenvalue weighted by Gasteiger charge is -2.20. The molecule has 1 unspecified atom stereocenters. The van der Waals surface area contributed by atoms with Gasteiger partial charge in [-0.3, -0.25) is 9.79 Å². The van der Waals surface area contributed by atoms with Gasteiger partial charge in [0.2, 0.25) is 5.78 Å². The molecule has 1 aliphatic carbocycles. The molecule has 0 saturated carbocycles. The van der Waals surface area contributed by atoms with Crippen molar-refractivity contribution in [2.45, 2.75) is 6.04 Å². The van der Waals surface area contributed by atoms with Crippen LogP contribution in [-0.2, 0) is 4.79 Å². The Hall–Kier alpha value is -4.39. The SMILES string of the molecule is O=C(O)c1cc(C(=O)O)c2c(n1)C(=NC(CO)C(=O)O)C(=O)c1cc(C(=O)O)[nH]c1-2. The van der Waals surface area contributed by atoms with E-state index in [1.54, 1.807) is 0 Å². The third kappa shape index (κ3) is 3.18. The third-order valence-corrected chi connectivity index (χ3v) is 4.19. The number of aromatic amines is 1. The number of carboxylic acids is 4. The minimum atomic E-state index is -1.83. The monoisotopic (exact) mass is 417 g/mol. The normalized spacial score (nSPS) is 14.7. The van der Waals surface area contributed by atoms with Crippen LogP contribution in [0.5, 0.6) is 0 Å². The number of aromatic nitrogens is 2. The van der Waals surface area contributed by atoms with Gasteiger partial charge in [-0.1, -0.05) is 0 Å². The van der Waals surface area contributed by atoms with Gasteiger partial charge in [-0.15, -0.1) is 0 Å². The lowest BCUT2D eigenvalue weighted by atomic mass is 9.87. The van der Waals surface area contributed by atoms with Gasteiger partial charge in [0.25, 0.3) is 0 Å². The molecule has 2 aromatic rings. The topological polar surface area (TPSA) is 228 Å². The fourth-order valence-corrected chi connectivity index (χ4v) is 2.88. The smallest absolute Gasteiger partial charge is 0.354 e. The van der Waals surface area contributed by atoms with Gasteiger partial charge < -0.3 is 30.5 Å². The predicted molar refractivity (Wildman–Crippen MR) is 94.3 cm³/mol. The van der Waals surface area contributed by atoms with Crippen LogP contribution in [0, 0.1) is 0 Å². The molecule has 30 heavy (non-hydrogen) atoms. The number of H-pyrrole nitrogens is 1. The third-order valence-electron chi connectivity index (χ3n) is 4.19. The minimum absolute atomic E-state index is 0.246. The van der Waals surface area contributed by atoms with Crippen LogP contribution < -0.4 is 0 Å². The Kier molecular flexibility index (Phi) is 4.89. The Balaban J connectivity index is 2.46. The van der Waals surface area contributed by atoms with Gasteiger partial charge in [-0.2, -0.15) is 0 Å². The molecule has 154 valence electrons. The highest BCUT2D eigenvalue weighted by atomic mass is 16.4. The number of hydrogen-bond donors (Lipinski definition) is 6. The van der Waals surface area contributed by atoms with Crippen molar-refractivity contribution in [3.05, 3.63) is 40.3 Å². The van der Waals surface area contributed by atoms with Crippen molar-refractivity contribution >= 4 is 35.4 Å². The molecule has 2 heterocycles. The van der Waals surface area contributed by atoms with Gasteiger partial charge in [0.15, 0.2) is 6.04 Å². The van der Waals surface area contributed by atoms with Crippen LogP contribution in [0.1, 0.15) is 47.4 Å². The first kappa shape index (κ1) is 20.3. The number of pyridine rings is 1. The average Bonchev–Trinajstić information content (AvgIpc) is 3.12. The van der Waals surface area contributed by atoms with Crippen molar-refractivity contribution in [1.82, 2.24) is 9.97 Å². The summed E-state index contributed by atoms with van der Waals surface area (Å²) in [5.74, 6) is -7.35. The lowest BCUT2D eigenvalue weighted by molar-refractivity contribution is -0.139. The minimum Gasteiger partial charge on any atom is -0.480 e. The van der Waals surface area contributed by atoms with Crippen molar-refractivity contribution in [3.8, 4) is 11.3 Å². The molecule has 0 amide bonds. The van der Waals surface area contributed by atoms with E-state index in [-0.39, 0.29) is 16.8 Å². The van der Waals surface area contributed by atoms with Crippen LogP contribution in [0.4, 0.5) is 0 Å². The van der Waals surface area contributed by atoms with Crippen molar-refractivity contribution < 1.29 is 49.5 Å². The molecule has 0 radical (unpaired) electrons. The number of fused-ring (bicyclic) bond motifs is 3. The standard InChI is InChI=1S/C17H11N3O10/c21-3-8(17(29)30)20-12-11-9(4(14(23)24)1-6(19-11)15(25)26)10-5(13(12)22)2-7(18-10)16(27)28/h1-2,8,18,21H,3H2,(H,23,24)(H,25,26)(H,27,28)(H,29,30). The van der Waals surface area contributed by atoms with E-state index in [0.717, 1.165) is 6.07 Å². The second-order valence-corrected chi connectivity index (χ2v) is 6.01. The Morgan fingerprint density at radius 2 is 1.70 bits per heavy atom. The second kappa shape index (κ2) is 7.21. The predicted octanol–water partition coefficient (Wildman–Crippen LogP) is -0.398. The number of nitrogens with zero attached hydrogens (tertiary/aromatic N) is 2. The molecule has 0 spiro atoms. The van der Waals surface area contributed by atoms with Crippen LogP contribution in [-0.4, -0.2) is 83.5 Å². The number of aliphatic carboxylic acids is 1. The van der Waals surface area contributed by atoms with E-state index in [2.05, 4.69) is 15.0 Å². The van der Waals surface area contributed by atoms with Gasteiger partial charge in [0.1, 0.15) is 22.8 Å². The van der Waals surface area contributed by atoms with Crippen LogP contribution >= 0.6 is 0 Å². The first-order chi connectivity index (χ1) is 14.1. The highest BCUT2D eigenvalue weighted by molar-refractivity contribution is 6.55. The van der Waals surface area contributed by atoms with Crippen molar-refractivity contribution in [2.75, 3.05) is 6.61 Å². The number of aliphatic hydroxyl groups excluding tert-OH is 1. The maximum absolute atomic E-state index is 12.9. The number of Topliss-reactive ketones (excluding diaryl/α,β-unsaturated/α-hetero) is 1. The molecule has 6 N–H and O–H groups in total. The summed E-state index contributed by atoms with van der Waals surface area (Å²) in [6, 6.07) is -0.216. The van der Waals surface area contributed by atoms with Crippen molar-refractivity contribution in [2.24, 2.45) is 4.99 Å². The second-order valence-electron chi connectivity index (χ2n) is 6.01.